The molecule has 2 N–H and O–H groups in total. The maximum atomic E-state index is 13.4. The van der Waals surface area contributed by atoms with E-state index in [1.807, 2.05) is 0 Å². The summed E-state index contributed by atoms with van der Waals surface area (Å²) >= 11 is 0. The van der Waals surface area contributed by atoms with Crippen LogP contribution in [0.2, 0.25) is 0 Å². The number of piperidine rings is 1. The first-order valence-corrected chi connectivity index (χ1v) is 7.48. The molecule has 2 fully saturated rings. The third kappa shape index (κ3) is 2.50. The molecule has 21 heavy (non-hydrogen) atoms. The van der Waals surface area contributed by atoms with Gasteiger partial charge in [0.15, 0.2) is 11.6 Å². The molecule has 1 aliphatic carbocycles. The van der Waals surface area contributed by atoms with Crippen molar-refractivity contribution in [3.63, 3.8) is 0 Å². The van der Waals surface area contributed by atoms with Crippen LogP contribution in [0.4, 0.5) is 4.39 Å². The standard InChI is InChI=1S/C16H20FNO3/c17-12-9-11(4-5-13(12)19)15(21)18-8-2-7-16(10-18)6-1-3-14(16)20/h4-5,9,14,19-20H,1-3,6-8,10H2/t14-,16+/m1/s1. The van der Waals surface area contributed by atoms with Crippen molar-refractivity contribution in [2.45, 2.75) is 38.2 Å². The van der Waals surface area contributed by atoms with Crippen molar-refractivity contribution in [3.05, 3.63) is 29.6 Å². The zero-order valence-corrected chi connectivity index (χ0v) is 11.9. The molecule has 3 rings (SSSR count). The van der Waals surface area contributed by atoms with Gasteiger partial charge in [0.2, 0.25) is 0 Å². The lowest BCUT2D eigenvalue weighted by atomic mass is 9.76. The first kappa shape index (κ1) is 14.3. The van der Waals surface area contributed by atoms with Crippen molar-refractivity contribution in [3.8, 4) is 5.75 Å². The Hall–Kier alpha value is -1.62. The summed E-state index contributed by atoms with van der Waals surface area (Å²) in [6.45, 7) is 1.17. The van der Waals surface area contributed by atoms with Crippen LogP contribution in [0.1, 0.15) is 42.5 Å². The highest BCUT2D eigenvalue weighted by Crippen LogP contribution is 2.45. The Morgan fingerprint density at radius 3 is 2.76 bits per heavy atom. The van der Waals surface area contributed by atoms with Crippen LogP contribution in [-0.4, -0.2) is 40.2 Å². The molecule has 1 heterocycles. The molecular weight excluding hydrogens is 273 g/mol. The molecule has 0 radical (unpaired) electrons. The Labute approximate surface area is 123 Å². The number of likely N-dealkylation sites (tertiary alicyclic amines) is 1. The van der Waals surface area contributed by atoms with Gasteiger partial charge in [0.1, 0.15) is 0 Å². The number of nitrogens with zero attached hydrogens (tertiary/aromatic N) is 1. The van der Waals surface area contributed by atoms with Crippen molar-refractivity contribution in [1.82, 2.24) is 4.90 Å². The van der Waals surface area contributed by atoms with Crippen molar-refractivity contribution < 1.29 is 19.4 Å². The summed E-state index contributed by atoms with van der Waals surface area (Å²) in [4.78, 5) is 14.2. The first-order valence-electron chi connectivity index (χ1n) is 7.48. The SMILES string of the molecule is O=C(c1ccc(O)c(F)c1)N1CCC[C@@]2(CCC[C@H]2O)C1. The molecule has 0 bridgehead atoms. The minimum absolute atomic E-state index is 0.177. The van der Waals surface area contributed by atoms with E-state index in [0.29, 0.717) is 13.1 Å². The van der Waals surface area contributed by atoms with E-state index in [9.17, 15) is 19.4 Å². The number of hydrogen-bond donors (Lipinski definition) is 2. The smallest absolute Gasteiger partial charge is 0.253 e. The van der Waals surface area contributed by atoms with Crippen LogP contribution < -0.4 is 0 Å². The second-order valence-electron chi connectivity index (χ2n) is 6.27. The Bertz CT molecular complexity index is 562. The monoisotopic (exact) mass is 293 g/mol. The topological polar surface area (TPSA) is 60.8 Å². The number of rotatable bonds is 1. The molecule has 0 unspecified atom stereocenters. The van der Waals surface area contributed by atoms with E-state index >= 15 is 0 Å². The minimum atomic E-state index is -0.784. The number of aromatic hydroxyl groups is 1. The normalized spacial score (nSPS) is 29.0. The molecule has 0 aromatic heterocycles. The lowest BCUT2D eigenvalue weighted by Crippen LogP contribution is -2.49. The molecule has 1 aromatic carbocycles. The summed E-state index contributed by atoms with van der Waals surface area (Å²) in [5.41, 5.74) is 0.0680. The van der Waals surface area contributed by atoms with Crippen molar-refractivity contribution >= 4 is 5.91 Å². The fourth-order valence-electron chi connectivity index (χ4n) is 3.75. The molecule has 4 nitrogen and oxygen atoms in total. The molecule has 2 aliphatic rings. The summed E-state index contributed by atoms with van der Waals surface area (Å²) < 4.78 is 13.4. The van der Waals surface area contributed by atoms with Gasteiger partial charge in [-0.05, 0) is 43.9 Å². The van der Waals surface area contributed by atoms with Gasteiger partial charge in [-0.25, -0.2) is 4.39 Å². The van der Waals surface area contributed by atoms with Gasteiger partial charge in [-0.2, -0.15) is 0 Å². The highest BCUT2D eigenvalue weighted by atomic mass is 19.1. The number of aliphatic hydroxyl groups excluding tert-OH is 1. The Balaban J connectivity index is 1.79. The summed E-state index contributed by atoms with van der Waals surface area (Å²) in [7, 11) is 0. The molecule has 1 amide bonds. The second-order valence-corrected chi connectivity index (χ2v) is 6.27. The maximum Gasteiger partial charge on any atom is 0.253 e. The summed E-state index contributed by atoms with van der Waals surface area (Å²) in [5.74, 6) is -1.46. The molecule has 114 valence electrons. The number of halogens is 1. The zero-order chi connectivity index (χ0) is 15.0. The average molecular weight is 293 g/mol. The van der Waals surface area contributed by atoms with E-state index in [-0.39, 0.29) is 23.0 Å². The van der Waals surface area contributed by atoms with Crippen LogP contribution >= 0.6 is 0 Å². The molecule has 1 saturated heterocycles. The molecular formula is C16H20FNO3. The quantitative estimate of drug-likeness (QED) is 0.835. The van der Waals surface area contributed by atoms with E-state index in [0.717, 1.165) is 38.2 Å². The van der Waals surface area contributed by atoms with Crippen LogP contribution in [0.15, 0.2) is 18.2 Å². The second kappa shape index (κ2) is 5.30. The number of carbonyl (C=O) groups is 1. The van der Waals surface area contributed by atoms with Crippen LogP contribution in [-0.2, 0) is 0 Å². The number of hydrogen-bond acceptors (Lipinski definition) is 3. The number of aliphatic hydroxyl groups is 1. The number of phenols is 1. The summed E-state index contributed by atoms with van der Waals surface area (Å²) in [6.07, 6.45) is 4.21. The summed E-state index contributed by atoms with van der Waals surface area (Å²) in [5, 5.41) is 19.4. The fraction of sp³-hybridized carbons (Fsp3) is 0.562. The molecule has 1 spiro atoms. The number of amides is 1. The van der Waals surface area contributed by atoms with Crippen LogP contribution in [0.3, 0.4) is 0 Å². The highest BCUT2D eigenvalue weighted by molar-refractivity contribution is 5.94. The molecule has 1 saturated carbocycles. The Kier molecular flexibility index (Phi) is 3.61. The van der Waals surface area contributed by atoms with Crippen molar-refractivity contribution in [1.29, 1.82) is 0 Å². The number of benzene rings is 1. The van der Waals surface area contributed by atoms with Gasteiger partial charge >= 0.3 is 0 Å². The molecule has 1 aliphatic heterocycles. The van der Waals surface area contributed by atoms with Gasteiger partial charge in [-0.3, -0.25) is 4.79 Å². The lowest BCUT2D eigenvalue weighted by molar-refractivity contribution is -0.00537. The molecule has 2 atom stereocenters. The van der Waals surface area contributed by atoms with Gasteiger partial charge in [0, 0.05) is 24.1 Å². The highest BCUT2D eigenvalue weighted by Gasteiger charge is 2.45. The number of carbonyl (C=O) groups excluding carboxylic acids is 1. The summed E-state index contributed by atoms with van der Waals surface area (Å²) in [6, 6.07) is 3.71. The Morgan fingerprint density at radius 2 is 2.10 bits per heavy atom. The number of phenolic OH excluding ortho intramolecular Hbond substituents is 1. The van der Waals surface area contributed by atoms with Crippen LogP contribution in [0.5, 0.6) is 5.75 Å². The lowest BCUT2D eigenvalue weighted by Gasteiger charge is -2.42. The van der Waals surface area contributed by atoms with Gasteiger partial charge in [-0.1, -0.05) is 6.42 Å². The third-order valence-corrected chi connectivity index (χ3v) is 4.95. The van der Waals surface area contributed by atoms with Crippen molar-refractivity contribution in [2.75, 3.05) is 13.1 Å². The third-order valence-electron chi connectivity index (χ3n) is 4.95. The fourth-order valence-corrected chi connectivity index (χ4v) is 3.75. The predicted octanol–water partition coefficient (Wildman–Crippen LogP) is 2.30. The van der Waals surface area contributed by atoms with E-state index < -0.39 is 11.6 Å². The minimum Gasteiger partial charge on any atom is -0.505 e. The maximum absolute atomic E-state index is 13.4. The molecule has 1 aromatic rings. The van der Waals surface area contributed by atoms with E-state index in [2.05, 4.69) is 0 Å². The largest absolute Gasteiger partial charge is 0.505 e. The van der Waals surface area contributed by atoms with E-state index in [1.54, 1.807) is 4.90 Å². The Morgan fingerprint density at radius 1 is 1.33 bits per heavy atom. The van der Waals surface area contributed by atoms with Crippen LogP contribution in [0.25, 0.3) is 0 Å². The van der Waals surface area contributed by atoms with Crippen LogP contribution in [0, 0.1) is 11.2 Å². The van der Waals surface area contributed by atoms with Gasteiger partial charge in [-0.15, -0.1) is 0 Å². The predicted molar refractivity (Wildman–Crippen MR) is 75.5 cm³/mol. The molecule has 5 heteroatoms. The van der Waals surface area contributed by atoms with Gasteiger partial charge in [0.25, 0.3) is 5.91 Å². The van der Waals surface area contributed by atoms with E-state index in [4.69, 9.17) is 0 Å². The van der Waals surface area contributed by atoms with Crippen molar-refractivity contribution in [2.24, 2.45) is 5.41 Å². The van der Waals surface area contributed by atoms with E-state index in [1.165, 1.54) is 12.1 Å². The van der Waals surface area contributed by atoms with Gasteiger partial charge in [0.05, 0.1) is 6.10 Å². The van der Waals surface area contributed by atoms with Gasteiger partial charge < -0.3 is 15.1 Å². The zero-order valence-electron chi connectivity index (χ0n) is 11.9. The average Bonchev–Trinajstić information content (AvgIpc) is 2.82. The first-order chi connectivity index (χ1) is 10.0.